The van der Waals surface area contributed by atoms with Crippen molar-refractivity contribution in [1.82, 2.24) is 9.88 Å². The second kappa shape index (κ2) is 7.08. The number of fused-ring (bicyclic) bond motifs is 1. The number of hydrogen-bond donors (Lipinski definition) is 0. The Labute approximate surface area is 158 Å². The summed E-state index contributed by atoms with van der Waals surface area (Å²) in [5.74, 6) is 2.00. The van der Waals surface area contributed by atoms with Crippen molar-refractivity contribution in [3.05, 3.63) is 50.6 Å². The normalized spacial score (nSPS) is 16.7. The van der Waals surface area contributed by atoms with E-state index in [0.29, 0.717) is 23.4 Å². The molecule has 8 nitrogen and oxygen atoms in total. The van der Waals surface area contributed by atoms with Crippen molar-refractivity contribution in [3.8, 4) is 11.5 Å². The summed E-state index contributed by atoms with van der Waals surface area (Å²) in [6.07, 6.45) is 1.60. The van der Waals surface area contributed by atoms with Crippen LogP contribution in [-0.4, -0.2) is 47.8 Å². The van der Waals surface area contributed by atoms with Crippen LogP contribution >= 0.6 is 15.9 Å². The minimum atomic E-state index is -0.383. The Kier molecular flexibility index (Phi) is 4.64. The summed E-state index contributed by atoms with van der Waals surface area (Å²) < 4.78 is 11.4. The van der Waals surface area contributed by atoms with Gasteiger partial charge in [-0.3, -0.25) is 15.0 Å². The summed E-state index contributed by atoms with van der Waals surface area (Å²) in [7, 11) is 0. The number of nitrogens with zero attached hydrogens (tertiary/aromatic N) is 4. The number of anilines is 1. The van der Waals surface area contributed by atoms with Crippen molar-refractivity contribution >= 4 is 27.4 Å². The third-order valence-corrected chi connectivity index (χ3v) is 4.96. The van der Waals surface area contributed by atoms with E-state index in [9.17, 15) is 10.1 Å². The molecular formula is C17H17BrN4O4. The SMILES string of the molecule is O=[N+]([O-])c1cc(Br)cnc1N1CCN(Cc2ccc3c(c2)OCO3)CC1. The molecule has 2 aromatic rings. The molecule has 0 saturated carbocycles. The Morgan fingerprint density at radius 1 is 1.15 bits per heavy atom. The first kappa shape index (κ1) is 17.0. The van der Waals surface area contributed by atoms with E-state index in [4.69, 9.17) is 9.47 Å². The van der Waals surface area contributed by atoms with Crippen LogP contribution in [0.4, 0.5) is 11.5 Å². The third kappa shape index (κ3) is 3.45. The molecule has 0 radical (unpaired) electrons. The molecule has 3 heterocycles. The van der Waals surface area contributed by atoms with E-state index in [1.54, 1.807) is 6.20 Å². The van der Waals surface area contributed by atoms with Gasteiger partial charge in [0.15, 0.2) is 11.5 Å². The molecule has 1 saturated heterocycles. The topological polar surface area (TPSA) is 81.0 Å². The predicted octanol–water partition coefficient (Wildman–Crippen LogP) is 2.80. The van der Waals surface area contributed by atoms with Gasteiger partial charge in [-0.05, 0) is 33.6 Å². The standard InChI is InChI=1S/C17H17BrN4O4/c18-13-8-14(22(23)24)17(19-9-13)21-5-3-20(4-6-21)10-12-1-2-15-16(7-12)26-11-25-15/h1-2,7-9H,3-6,10-11H2. The van der Waals surface area contributed by atoms with E-state index in [0.717, 1.165) is 36.7 Å². The quantitative estimate of drug-likeness (QED) is 0.555. The number of pyridine rings is 1. The fraction of sp³-hybridized carbons (Fsp3) is 0.353. The minimum absolute atomic E-state index is 0.0311. The third-order valence-electron chi connectivity index (χ3n) is 4.53. The summed E-state index contributed by atoms with van der Waals surface area (Å²) in [6.45, 7) is 4.09. The zero-order chi connectivity index (χ0) is 18.1. The maximum absolute atomic E-state index is 11.3. The molecule has 1 aromatic carbocycles. The van der Waals surface area contributed by atoms with Crippen LogP contribution in [-0.2, 0) is 6.54 Å². The second-order valence-electron chi connectivity index (χ2n) is 6.20. The molecule has 2 aliphatic rings. The maximum Gasteiger partial charge on any atom is 0.312 e. The highest BCUT2D eigenvalue weighted by Gasteiger charge is 2.25. The van der Waals surface area contributed by atoms with Crippen molar-refractivity contribution in [2.45, 2.75) is 6.54 Å². The van der Waals surface area contributed by atoms with Crippen molar-refractivity contribution < 1.29 is 14.4 Å². The Balaban J connectivity index is 1.41. The van der Waals surface area contributed by atoms with Gasteiger partial charge in [-0.2, -0.15) is 0 Å². The number of piperazine rings is 1. The van der Waals surface area contributed by atoms with Crippen molar-refractivity contribution in [2.24, 2.45) is 0 Å². The summed E-state index contributed by atoms with van der Waals surface area (Å²) in [4.78, 5) is 19.5. The van der Waals surface area contributed by atoms with Gasteiger partial charge in [-0.25, -0.2) is 4.98 Å². The van der Waals surface area contributed by atoms with E-state index in [-0.39, 0.29) is 17.4 Å². The van der Waals surface area contributed by atoms with E-state index in [2.05, 4.69) is 25.8 Å². The zero-order valence-corrected chi connectivity index (χ0v) is 15.5. The predicted molar refractivity (Wildman–Crippen MR) is 98.6 cm³/mol. The first-order valence-electron chi connectivity index (χ1n) is 8.26. The number of ether oxygens (including phenoxy) is 2. The molecule has 0 unspecified atom stereocenters. The molecule has 0 bridgehead atoms. The van der Waals surface area contributed by atoms with Crippen molar-refractivity contribution in [1.29, 1.82) is 0 Å². The van der Waals surface area contributed by atoms with E-state index < -0.39 is 0 Å². The van der Waals surface area contributed by atoms with E-state index in [1.807, 2.05) is 23.1 Å². The molecule has 0 atom stereocenters. The van der Waals surface area contributed by atoms with Crippen LogP contribution in [0.15, 0.2) is 34.9 Å². The van der Waals surface area contributed by atoms with Gasteiger partial charge in [0.1, 0.15) is 0 Å². The van der Waals surface area contributed by atoms with Gasteiger partial charge < -0.3 is 14.4 Å². The average molecular weight is 421 g/mol. The fourth-order valence-electron chi connectivity index (χ4n) is 3.21. The molecule has 0 spiro atoms. The molecule has 4 rings (SSSR count). The van der Waals surface area contributed by atoms with Crippen molar-refractivity contribution in [2.75, 3.05) is 37.9 Å². The second-order valence-corrected chi connectivity index (χ2v) is 7.12. The fourth-order valence-corrected chi connectivity index (χ4v) is 3.53. The number of halogens is 1. The highest BCUT2D eigenvalue weighted by atomic mass is 79.9. The molecule has 0 N–H and O–H groups in total. The van der Waals surface area contributed by atoms with Crippen LogP contribution in [0.1, 0.15) is 5.56 Å². The molecule has 2 aliphatic heterocycles. The largest absolute Gasteiger partial charge is 0.454 e. The Hall–Kier alpha value is -2.39. The van der Waals surface area contributed by atoms with Crippen LogP contribution in [0.3, 0.4) is 0 Å². The Morgan fingerprint density at radius 3 is 2.69 bits per heavy atom. The lowest BCUT2D eigenvalue weighted by atomic mass is 10.1. The first-order chi connectivity index (χ1) is 12.6. The van der Waals surface area contributed by atoms with Crippen LogP contribution in [0.5, 0.6) is 11.5 Å². The highest BCUT2D eigenvalue weighted by molar-refractivity contribution is 9.10. The zero-order valence-electron chi connectivity index (χ0n) is 13.9. The maximum atomic E-state index is 11.3. The highest BCUT2D eigenvalue weighted by Crippen LogP contribution is 2.33. The molecule has 1 aromatic heterocycles. The summed E-state index contributed by atoms with van der Waals surface area (Å²) in [5, 5.41) is 11.3. The molecule has 136 valence electrons. The molecule has 0 aliphatic carbocycles. The Morgan fingerprint density at radius 2 is 1.92 bits per heavy atom. The van der Waals surface area contributed by atoms with Gasteiger partial charge in [0, 0.05) is 49.5 Å². The lowest BCUT2D eigenvalue weighted by molar-refractivity contribution is -0.384. The first-order valence-corrected chi connectivity index (χ1v) is 9.05. The van der Waals surface area contributed by atoms with Crippen LogP contribution in [0, 0.1) is 10.1 Å². The van der Waals surface area contributed by atoms with Gasteiger partial charge in [-0.15, -0.1) is 0 Å². The Bertz CT molecular complexity index is 840. The lowest BCUT2D eigenvalue weighted by Gasteiger charge is -2.35. The van der Waals surface area contributed by atoms with Gasteiger partial charge in [0.2, 0.25) is 12.6 Å². The lowest BCUT2D eigenvalue weighted by Crippen LogP contribution is -2.46. The van der Waals surface area contributed by atoms with Gasteiger partial charge in [0.05, 0.1) is 4.92 Å². The number of hydrogen-bond acceptors (Lipinski definition) is 7. The number of rotatable bonds is 4. The van der Waals surface area contributed by atoms with Crippen LogP contribution < -0.4 is 14.4 Å². The van der Waals surface area contributed by atoms with Gasteiger partial charge in [-0.1, -0.05) is 6.07 Å². The van der Waals surface area contributed by atoms with E-state index in [1.165, 1.54) is 6.07 Å². The summed E-state index contributed by atoms with van der Waals surface area (Å²) in [5.41, 5.74) is 1.19. The number of aromatic nitrogens is 1. The van der Waals surface area contributed by atoms with Crippen LogP contribution in [0.2, 0.25) is 0 Å². The molecule has 1 fully saturated rings. The number of nitro groups is 1. The molecule has 9 heteroatoms. The summed E-state index contributed by atoms with van der Waals surface area (Å²) in [6, 6.07) is 7.49. The number of benzene rings is 1. The average Bonchev–Trinajstić information content (AvgIpc) is 3.10. The summed E-state index contributed by atoms with van der Waals surface area (Å²) >= 11 is 3.24. The molecular weight excluding hydrogens is 404 g/mol. The van der Waals surface area contributed by atoms with Crippen molar-refractivity contribution in [3.63, 3.8) is 0 Å². The smallest absolute Gasteiger partial charge is 0.312 e. The molecule has 0 amide bonds. The van der Waals surface area contributed by atoms with Gasteiger partial charge >= 0.3 is 5.69 Å². The molecule has 26 heavy (non-hydrogen) atoms. The van der Waals surface area contributed by atoms with E-state index >= 15 is 0 Å². The monoisotopic (exact) mass is 420 g/mol. The minimum Gasteiger partial charge on any atom is -0.454 e. The van der Waals surface area contributed by atoms with Gasteiger partial charge in [0.25, 0.3) is 0 Å². The van der Waals surface area contributed by atoms with Crippen LogP contribution in [0.25, 0.3) is 0 Å².